The molecule has 0 fully saturated rings. The lowest BCUT2D eigenvalue weighted by atomic mass is 9.97. The van der Waals surface area contributed by atoms with Gasteiger partial charge in [0.1, 0.15) is 5.75 Å². The van der Waals surface area contributed by atoms with E-state index in [0.29, 0.717) is 5.92 Å². The summed E-state index contributed by atoms with van der Waals surface area (Å²) in [5, 5.41) is 5.90. The van der Waals surface area contributed by atoms with Gasteiger partial charge in [-0.2, -0.15) is 0 Å². The fraction of sp³-hybridized carbons (Fsp3) is 0.375. The first-order valence-electron chi connectivity index (χ1n) is 6.53. The van der Waals surface area contributed by atoms with E-state index in [-0.39, 0.29) is 0 Å². The molecule has 0 aromatic heterocycles. The Bertz CT molecular complexity index is 521. The summed E-state index contributed by atoms with van der Waals surface area (Å²) < 4.78 is 5.24. The summed E-state index contributed by atoms with van der Waals surface area (Å²) >= 11 is 0. The molecule has 18 heavy (non-hydrogen) atoms. The van der Waals surface area contributed by atoms with Crippen LogP contribution in [0.2, 0.25) is 0 Å². The van der Waals surface area contributed by atoms with Crippen LogP contribution in [0.3, 0.4) is 0 Å². The van der Waals surface area contributed by atoms with Crippen LogP contribution in [0.25, 0.3) is 10.8 Å². The van der Waals surface area contributed by atoms with Crippen molar-refractivity contribution >= 4 is 10.8 Å². The molecule has 0 aliphatic carbocycles. The van der Waals surface area contributed by atoms with E-state index in [4.69, 9.17) is 4.74 Å². The van der Waals surface area contributed by atoms with Crippen LogP contribution in [0.15, 0.2) is 36.4 Å². The molecule has 1 N–H and O–H groups in total. The molecule has 1 atom stereocenters. The second-order valence-corrected chi connectivity index (χ2v) is 4.68. The molecule has 0 heterocycles. The average Bonchev–Trinajstić information content (AvgIpc) is 2.43. The van der Waals surface area contributed by atoms with Gasteiger partial charge in [0.2, 0.25) is 0 Å². The summed E-state index contributed by atoms with van der Waals surface area (Å²) in [5.41, 5.74) is 1.38. The van der Waals surface area contributed by atoms with Crippen molar-refractivity contribution in [3.05, 3.63) is 42.0 Å². The molecular weight excluding hydrogens is 222 g/mol. The van der Waals surface area contributed by atoms with Crippen LogP contribution >= 0.6 is 0 Å². The zero-order chi connectivity index (χ0) is 13.0. The van der Waals surface area contributed by atoms with Gasteiger partial charge >= 0.3 is 0 Å². The first kappa shape index (κ1) is 12.9. The van der Waals surface area contributed by atoms with E-state index in [1.54, 1.807) is 7.11 Å². The van der Waals surface area contributed by atoms with E-state index >= 15 is 0 Å². The summed E-state index contributed by atoms with van der Waals surface area (Å²) in [7, 11) is 1.70. The Morgan fingerprint density at radius 2 is 1.83 bits per heavy atom. The maximum Gasteiger partial charge on any atom is 0.119 e. The second-order valence-electron chi connectivity index (χ2n) is 4.68. The lowest BCUT2D eigenvalue weighted by molar-refractivity contribution is 0.415. The number of hydrogen-bond acceptors (Lipinski definition) is 2. The van der Waals surface area contributed by atoms with E-state index in [1.807, 2.05) is 6.07 Å². The molecule has 0 spiro atoms. The molecular formula is C16H21NO. The molecule has 0 aliphatic heterocycles. The van der Waals surface area contributed by atoms with Gasteiger partial charge in [-0.25, -0.2) is 0 Å². The SMILES string of the molecule is CCNCC(C)c1ccc2cc(OC)ccc2c1. The van der Waals surface area contributed by atoms with E-state index < -0.39 is 0 Å². The summed E-state index contributed by atoms with van der Waals surface area (Å²) in [6, 6.07) is 12.9. The normalized spacial score (nSPS) is 12.6. The van der Waals surface area contributed by atoms with Gasteiger partial charge in [0.15, 0.2) is 0 Å². The van der Waals surface area contributed by atoms with Gasteiger partial charge in [0, 0.05) is 6.54 Å². The predicted molar refractivity (Wildman–Crippen MR) is 77.5 cm³/mol. The number of fused-ring (bicyclic) bond motifs is 1. The van der Waals surface area contributed by atoms with Crippen molar-refractivity contribution in [3.63, 3.8) is 0 Å². The van der Waals surface area contributed by atoms with Crippen LogP contribution < -0.4 is 10.1 Å². The minimum absolute atomic E-state index is 0.538. The fourth-order valence-electron chi connectivity index (χ4n) is 2.15. The van der Waals surface area contributed by atoms with Gasteiger partial charge in [0.25, 0.3) is 0 Å². The van der Waals surface area contributed by atoms with E-state index in [0.717, 1.165) is 18.8 Å². The highest BCUT2D eigenvalue weighted by atomic mass is 16.5. The zero-order valence-electron chi connectivity index (χ0n) is 11.4. The van der Waals surface area contributed by atoms with Gasteiger partial charge in [-0.1, -0.05) is 38.1 Å². The third-order valence-electron chi connectivity index (χ3n) is 3.34. The van der Waals surface area contributed by atoms with E-state index in [1.165, 1.54) is 16.3 Å². The van der Waals surface area contributed by atoms with Gasteiger partial charge in [0.05, 0.1) is 7.11 Å². The highest BCUT2D eigenvalue weighted by molar-refractivity contribution is 5.84. The van der Waals surface area contributed by atoms with Crippen LogP contribution in [0.4, 0.5) is 0 Å². The van der Waals surface area contributed by atoms with E-state index in [9.17, 15) is 0 Å². The van der Waals surface area contributed by atoms with Crippen LogP contribution in [0.5, 0.6) is 5.75 Å². The largest absolute Gasteiger partial charge is 0.497 e. The summed E-state index contributed by atoms with van der Waals surface area (Å²) in [5.74, 6) is 1.45. The number of methoxy groups -OCH3 is 1. The summed E-state index contributed by atoms with van der Waals surface area (Å²) in [6.45, 7) is 6.44. The minimum Gasteiger partial charge on any atom is -0.497 e. The molecule has 2 nitrogen and oxygen atoms in total. The molecule has 0 saturated carbocycles. The monoisotopic (exact) mass is 243 g/mol. The molecule has 2 aromatic rings. The van der Waals surface area contributed by atoms with Gasteiger partial charge in [-0.15, -0.1) is 0 Å². The molecule has 0 radical (unpaired) electrons. The van der Waals surface area contributed by atoms with E-state index in [2.05, 4.69) is 49.5 Å². The number of hydrogen-bond donors (Lipinski definition) is 1. The van der Waals surface area contributed by atoms with Crippen LogP contribution in [0, 0.1) is 0 Å². The maximum absolute atomic E-state index is 5.24. The quantitative estimate of drug-likeness (QED) is 0.867. The molecule has 96 valence electrons. The summed E-state index contributed by atoms with van der Waals surface area (Å²) in [6.07, 6.45) is 0. The van der Waals surface area contributed by atoms with Crippen LogP contribution in [-0.4, -0.2) is 20.2 Å². The van der Waals surface area contributed by atoms with Crippen LogP contribution in [0.1, 0.15) is 25.3 Å². The average molecular weight is 243 g/mol. The van der Waals surface area contributed by atoms with Gasteiger partial charge in [-0.3, -0.25) is 0 Å². The first-order valence-corrected chi connectivity index (χ1v) is 6.53. The Hall–Kier alpha value is -1.54. The number of rotatable bonds is 5. The highest BCUT2D eigenvalue weighted by Gasteiger charge is 2.06. The van der Waals surface area contributed by atoms with Crippen molar-refractivity contribution < 1.29 is 4.74 Å². The number of likely N-dealkylation sites (N-methyl/N-ethyl adjacent to an activating group) is 1. The molecule has 2 rings (SSSR count). The topological polar surface area (TPSA) is 21.3 Å². The van der Waals surface area contributed by atoms with Crippen molar-refractivity contribution in [3.8, 4) is 5.75 Å². The molecule has 0 bridgehead atoms. The molecule has 0 saturated heterocycles. The standard InChI is InChI=1S/C16H21NO/c1-4-17-11-12(2)13-5-6-15-10-16(18-3)8-7-14(15)9-13/h5-10,12,17H,4,11H2,1-3H3. The number of nitrogens with one attached hydrogen (secondary N) is 1. The molecule has 2 aromatic carbocycles. The highest BCUT2D eigenvalue weighted by Crippen LogP contribution is 2.24. The first-order chi connectivity index (χ1) is 8.74. The van der Waals surface area contributed by atoms with Crippen molar-refractivity contribution in [2.45, 2.75) is 19.8 Å². The zero-order valence-corrected chi connectivity index (χ0v) is 11.4. The van der Waals surface area contributed by atoms with Gasteiger partial charge < -0.3 is 10.1 Å². The van der Waals surface area contributed by atoms with Crippen molar-refractivity contribution in [2.24, 2.45) is 0 Å². The third-order valence-corrected chi connectivity index (χ3v) is 3.34. The second kappa shape index (κ2) is 5.87. The molecule has 0 amide bonds. The van der Waals surface area contributed by atoms with Gasteiger partial charge in [-0.05, 0) is 40.9 Å². The number of benzene rings is 2. The lowest BCUT2D eigenvalue weighted by Crippen LogP contribution is -2.19. The Labute approximate surface area is 109 Å². The minimum atomic E-state index is 0.538. The third kappa shape index (κ3) is 2.82. The Kier molecular flexibility index (Phi) is 4.21. The fourth-order valence-corrected chi connectivity index (χ4v) is 2.15. The smallest absolute Gasteiger partial charge is 0.119 e. The Morgan fingerprint density at radius 1 is 1.11 bits per heavy atom. The molecule has 2 heteroatoms. The van der Waals surface area contributed by atoms with Crippen molar-refractivity contribution in [2.75, 3.05) is 20.2 Å². The lowest BCUT2D eigenvalue weighted by Gasteiger charge is -2.13. The van der Waals surface area contributed by atoms with Crippen LogP contribution in [-0.2, 0) is 0 Å². The maximum atomic E-state index is 5.24. The van der Waals surface area contributed by atoms with Crippen molar-refractivity contribution in [1.82, 2.24) is 5.32 Å². The summed E-state index contributed by atoms with van der Waals surface area (Å²) in [4.78, 5) is 0. The van der Waals surface area contributed by atoms with Crippen molar-refractivity contribution in [1.29, 1.82) is 0 Å². The Morgan fingerprint density at radius 3 is 2.56 bits per heavy atom. The Balaban J connectivity index is 2.27. The molecule has 1 unspecified atom stereocenters. The molecule has 0 aliphatic rings. The number of ether oxygens (including phenoxy) is 1. The predicted octanol–water partition coefficient (Wildman–Crippen LogP) is 3.56.